The number of esters is 1. The highest BCUT2D eigenvalue weighted by atomic mass is 79.9. The maximum atomic E-state index is 13.2. The van der Waals surface area contributed by atoms with Gasteiger partial charge in [-0.1, -0.05) is 37.9 Å². The highest BCUT2D eigenvalue weighted by Crippen LogP contribution is 2.38. The van der Waals surface area contributed by atoms with E-state index in [1.165, 1.54) is 6.08 Å². The summed E-state index contributed by atoms with van der Waals surface area (Å²) in [6.07, 6.45) is 2.11. The predicted molar refractivity (Wildman–Crippen MR) is 107 cm³/mol. The Kier molecular flexibility index (Phi) is 6.47. The molecule has 1 aliphatic heterocycles. The summed E-state index contributed by atoms with van der Waals surface area (Å²) in [5.74, 6) is -1.84. The summed E-state index contributed by atoms with van der Waals surface area (Å²) in [5, 5.41) is -0.953. The van der Waals surface area contributed by atoms with Gasteiger partial charge in [-0.25, -0.2) is 13.2 Å². The van der Waals surface area contributed by atoms with Crippen LogP contribution in [-0.4, -0.2) is 45.2 Å². The zero-order chi connectivity index (χ0) is 19.7. The lowest BCUT2D eigenvalue weighted by atomic mass is 9.94. The molecule has 1 spiro atoms. The molecule has 3 rings (SSSR count). The SMILES string of the molecule is CCOC(=O)C1=CC2(CCC1S(=O)(=O)Cc1ccc(Br)cc1Br)OCCO2. The average Bonchev–Trinajstić information content (AvgIpc) is 3.05. The fourth-order valence-corrected chi connectivity index (χ4v) is 6.61. The Morgan fingerprint density at radius 1 is 1.30 bits per heavy atom. The van der Waals surface area contributed by atoms with Crippen molar-refractivity contribution in [1.29, 1.82) is 0 Å². The smallest absolute Gasteiger partial charge is 0.335 e. The zero-order valence-corrected chi connectivity index (χ0v) is 18.7. The number of carbonyl (C=O) groups is 1. The van der Waals surface area contributed by atoms with Crippen molar-refractivity contribution in [3.8, 4) is 0 Å². The maximum Gasteiger partial charge on any atom is 0.335 e. The molecule has 0 bridgehead atoms. The number of halogens is 2. The standard InChI is InChI=1S/C18H20Br2O6S/c1-2-24-17(21)14-10-18(25-7-8-26-18)6-5-16(14)27(22,23)11-12-3-4-13(19)9-15(12)20/h3-4,9-10,16H,2,5-8,11H2,1H3. The van der Waals surface area contributed by atoms with Gasteiger partial charge in [0.15, 0.2) is 15.6 Å². The monoisotopic (exact) mass is 522 g/mol. The molecule has 1 saturated heterocycles. The van der Waals surface area contributed by atoms with E-state index in [4.69, 9.17) is 14.2 Å². The molecule has 9 heteroatoms. The lowest BCUT2D eigenvalue weighted by Crippen LogP contribution is -2.40. The van der Waals surface area contributed by atoms with Crippen LogP contribution in [0.5, 0.6) is 0 Å². The minimum absolute atomic E-state index is 0.0956. The second-order valence-electron chi connectivity index (χ2n) is 6.40. The Balaban J connectivity index is 1.93. The molecule has 0 radical (unpaired) electrons. The molecule has 148 valence electrons. The summed E-state index contributed by atoms with van der Waals surface area (Å²) in [6, 6.07) is 5.32. The largest absolute Gasteiger partial charge is 0.463 e. The van der Waals surface area contributed by atoms with E-state index < -0.39 is 26.8 Å². The molecule has 1 heterocycles. The fraction of sp³-hybridized carbons (Fsp3) is 0.500. The normalized spacial score (nSPS) is 21.9. The number of sulfone groups is 1. The van der Waals surface area contributed by atoms with Crippen molar-refractivity contribution in [2.75, 3.05) is 19.8 Å². The van der Waals surface area contributed by atoms with Gasteiger partial charge >= 0.3 is 5.97 Å². The molecule has 0 amide bonds. The van der Waals surface area contributed by atoms with Crippen LogP contribution in [0.15, 0.2) is 38.8 Å². The predicted octanol–water partition coefficient (Wildman–Crippen LogP) is 3.52. The summed E-state index contributed by atoms with van der Waals surface area (Å²) >= 11 is 6.76. The summed E-state index contributed by atoms with van der Waals surface area (Å²) in [4.78, 5) is 12.5. The number of benzene rings is 1. The summed E-state index contributed by atoms with van der Waals surface area (Å²) in [7, 11) is -3.66. The van der Waals surface area contributed by atoms with Crippen LogP contribution in [-0.2, 0) is 34.6 Å². The molecule has 6 nitrogen and oxygen atoms in total. The van der Waals surface area contributed by atoms with Crippen LogP contribution in [0.25, 0.3) is 0 Å². The minimum atomic E-state index is -3.66. The molecule has 1 aromatic rings. The zero-order valence-electron chi connectivity index (χ0n) is 14.7. The van der Waals surface area contributed by atoms with E-state index in [0.29, 0.717) is 29.7 Å². The number of rotatable bonds is 5. The Bertz CT molecular complexity index is 859. The van der Waals surface area contributed by atoms with Crippen molar-refractivity contribution in [2.45, 2.75) is 36.6 Å². The van der Waals surface area contributed by atoms with Crippen molar-refractivity contribution in [2.24, 2.45) is 0 Å². The van der Waals surface area contributed by atoms with Crippen LogP contribution in [0.4, 0.5) is 0 Å². The van der Waals surface area contributed by atoms with Crippen molar-refractivity contribution >= 4 is 47.7 Å². The quantitative estimate of drug-likeness (QED) is 0.549. The molecule has 1 fully saturated rings. The van der Waals surface area contributed by atoms with Crippen molar-refractivity contribution in [3.63, 3.8) is 0 Å². The molecule has 0 saturated carbocycles. The number of hydrogen-bond acceptors (Lipinski definition) is 6. The molecular formula is C18H20Br2O6S. The highest BCUT2D eigenvalue weighted by molar-refractivity contribution is 9.11. The van der Waals surface area contributed by atoms with Gasteiger partial charge in [0.1, 0.15) is 0 Å². The van der Waals surface area contributed by atoms with Gasteiger partial charge < -0.3 is 14.2 Å². The second kappa shape index (κ2) is 8.32. The van der Waals surface area contributed by atoms with E-state index >= 15 is 0 Å². The van der Waals surface area contributed by atoms with Gasteiger partial charge in [-0.05, 0) is 37.1 Å². The molecule has 0 aromatic heterocycles. The summed E-state index contributed by atoms with van der Waals surface area (Å²) < 4.78 is 44.2. The van der Waals surface area contributed by atoms with Gasteiger partial charge in [0.05, 0.1) is 36.4 Å². The number of hydrogen-bond donors (Lipinski definition) is 0. The maximum absolute atomic E-state index is 13.2. The third-order valence-corrected chi connectivity index (χ3v) is 7.87. The van der Waals surface area contributed by atoms with Crippen LogP contribution in [0.3, 0.4) is 0 Å². The van der Waals surface area contributed by atoms with Crippen molar-refractivity contribution in [1.82, 2.24) is 0 Å². The molecule has 2 aliphatic rings. The highest BCUT2D eigenvalue weighted by Gasteiger charge is 2.46. The molecule has 1 atom stereocenters. The second-order valence-corrected chi connectivity index (χ2v) is 10.4. The average molecular weight is 524 g/mol. The Morgan fingerprint density at radius 2 is 2.00 bits per heavy atom. The first-order chi connectivity index (χ1) is 12.8. The van der Waals surface area contributed by atoms with E-state index in [0.717, 1.165) is 4.47 Å². The van der Waals surface area contributed by atoms with Gasteiger partial charge in [0.25, 0.3) is 0 Å². The molecule has 27 heavy (non-hydrogen) atoms. The lowest BCUT2D eigenvalue weighted by Gasteiger charge is -2.33. The Morgan fingerprint density at radius 3 is 2.63 bits per heavy atom. The van der Waals surface area contributed by atoms with E-state index in [-0.39, 0.29) is 24.4 Å². The van der Waals surface area contributed by atoms with Gasteiger partial charge in [-0.2, -0.15) is 0 Å². The van der Waals surface area contributed by atoms with Gasteiger partial charge in [0, 0.05) is 15.4 Å². The van der Waals surface area contributed by atoms with Crippen LogP contribution in [0.2, 0.25) is 0 Å². The first-order valence-electron chi connectivity index (χ1n) is 8.59. The fourth-order valence-electron chi connectivity index (χ4n) is 3.32. The Hall–Kier alpha value is -0.740. The molecular weight excluding hydrogens is 504 g/mol. The summed E-state index contributed by atoms with van der Waals surface area (Å²) in [5.41, 5.74) is 0.730. The first kappa shape index (κ1) is 21.0. The van der Waals surface area contributed by atoms with Crippen LogP contribution < -0.4 is 0 Å². The topological polar surface area (TPSA) is 78.9 Å². The van der Waals surface area contributed by atoms with E-state index in [2.05, 4.69) is 31.9 Å². The third-order valence-electron chi connectivity index (χ3n) is 4.57. The van der Waals surface area contributed by atoms with Crippen LogP contribution in [0.1, 0.15) is 25.3 Å². The number of carbonyl (C=O) groups excluding carboxylic acids is 1. The molecule has 1 aromatic carbocycles. The number of ether oxygens (including phenoxy) is 3. The van der Waals surface area contributed by atoms with Gasteiger partial charge in [0.2, 0.25) is 0 Å². The summed E-state index contributed by atoms with van der Waals surface area (Å²) in [6.45, 7) is 2.67. The van der Waals surface area contributed by atoms with E-state index in [1.807, 2.05) is 0 Å². The van der Waals surface area contributed by atoms with Gasteiger partial charge in [-0.15, -0.1) is 0 Å². The van der Waals surface area contributed by atoms with Crippen LogP contribution in [0, 0.1) is 0 Å². The molecule has 1 unspecified atom stereocenters. The van der Waals surface area contributed by atoms with Crippen LogP contribution >= 0.6 is 31.9 Å². The van der Waals surface area contributed by atoms with Crippen molar-refractivity contribution < 1.29 is 27.4 Å². The molecule has 0 N–H and O–H groups in total. The van der Waals surface area contributed by atoms with E-state index in [1.54, 1.807) is 25.1 Å². The van der Waals surface area contributed by atoms with Crippen molar-refractivity contribution in [3.05, 3.63) is 44.4 Å². The molecule has 1 aliphatic carbocycles. The minimum Gasteiger partial charge on any atom is -0.463 e. The lowest BCUT2D eigenvalue weighted by molar-refractivity contribution is -0.143. The third kappa shape index (κ3) is 4.64. The van der Waals surface area contributed by atoms with Gasteiger partial charge in [-0.3, -0.25) is 0 Å². The Labute approximate surface area is 175 Å². The van der Waals surface area contributed by atoms with E-state index in [9.17, 15) is 13.2 Å². The first-order valence-corrected chi connectivity index (χ1v) is 11.9.